The molecule has 1 aliphatic rings. The zero-order valence-electron chi connectivity index (χ0n) is 18.0. The average Bonchev–Trinajstić information content (AvgIpc) is 3.41. The van der Waals surface area contributed by atoms with E-state index in [1.54, 1.807) is 6.26 Å². The van der Waals surface area contributed by atoms with Crippen LogP contribution in [0.15, 0.2) is 58.3 Å². The summed E-state index contributed by atoms with van der Waals surface area (Å²) in [6.45, 7) is 7.55. The van der Waals surface area contributed by atoms with Gasteiger partial charge in [-0.3, -0.25) is 9.36 Å². The minimum absolute atomic E-state index is 0.0248. The van der Waals surface area contributed by atoms with E-state index in [2.05, 4.69) is 38.8 Å². The van der Waals surface area contributed by atoms with Gasteiger partial charge in [-0.05, 0) is 36.0 Å². The molecule has 4 rings (SSSR count). The molecule has 3 aromatic rings. The number of carbonyl (C=O) groups excluding carboxylic acids is 1. The predicted octanol–water partition coefficient (Wildman–Crippen LogP) is 3.81. The molecule has 1 fully saturated rings. The molecule has 0 radical (unpaired) electrons. The van der Waals surface area contributed by atoms with Gasteiger partial charge in [-0.15, -0.1) is 10.2 Å². The Hall–Kier alpha value is -2.74. The van der Waals surface area contributed by atoms with Crippen molar-refractivity contribution < 1.29 is 9.21 Å². The fourth-order valence-corrected chi connectivity index (χ4v) is 4.89. The Bertz CT molecular complexity index is 963. The van der Waals surface area contributed by atoms with E-state index in [9.17, 15) is 4.79 Å². The lowest BCUT2D eigenvalue weighted by molar-refractivity contribution is -0.118. The summed E-state index contributed by atoms with van der Waals surface area (Å²) in [5, 5.41) is 12.6. The highest BCUT2D eigenvalue weighted by Gasteiger charge is 2.27. The SMILES string of the molecule is CC1CC(C)CN(c2nnc(SCC(=O)NCc3ccccc3)n2Cc2ccco2)C1. The van der Waals surface area contributed by atoms with Crippen LogP contribution in [0.3, 0.4) is 0 Å². The van der Waals surface area contributed by atoms with Crippen molar-refractivity contribution in [1.29, 1.82) is 0 Å². The summed E-state index contributed by atoms with van der Waals surface area (Å²) in [6.07, 6.45) is 2.90. The van der Waals surface area contributed by atoms with Crippen LogP contribution in [0.1, 0.15) is 31.6 Å². The third kappa shape index (κ3) is 5.70. The van der Waals surface area contributed by atoms with Gasteiger partial charge in [-0.2, -0.15) is 0 Å². The number of piperidine rings is 1. The highest BCUT2D eigenvalue weighted by atomic mass is 32.2. The van der Waals surface area contributed by atoms with E-state index < -0.39 is 0 Å². The molecule has 0 saturated carbocycles. The Balaban J connectivity index is 1.45. The summed E-state index contributed by atoms with van der Waals surface area (Å²) in [4.78, 5) is 14.7. The zero-order chi connectivity index (χ0) is 21.6. The highest BCUT2D eigenvalue weighted by molar-refractivity contribution is 7.99. The number of thioether (sulfide) groups is 1. The van der Waals surface area contributed by atoms with Crippen LogP contribution >= 0.6 is 11.8 Å². The molecule has 3 heterocycles. The molecule has 8 heteroatoms. The van der Waals surface area contributed by atoms with Crippen LogP contribution in [0, 0.1) is 11.8 Å². The van der Waals surface area contributed by atoms with Gasteiger partial charge in [0.15, 0.2) is 5.16 Å². The van der Waals surface area contributed by atoms with Crippen molar-refractivity contribution in [2.75, 3.05) is 23.7 Å². The molecular weight excluding hydrogens is 410 g/mol. The molecule has 0 spiro atoms. The number of carbonyl (C=O) groups is 1. The molecule has 0 bridgehead atoms. The van der Waals surface area contributed by atoms with Gasteiger partial charge >= 0.3 is 0 Å². The van der Waals surface area contributed by atoms with Crippen molar-refractivity contribution in [3.05, 3.63) is 60.1 Å². The molecular formula is C23H29N5O2S. The second-order valence-electron chi connectivity index (χ2n) is 8.35. The van der Waals surface area contributed by atoms with Crippen LogP contribution in [0.4, 0.5) is 5.95 Å². The molecule has 31 heavy (non-hydrogen) atoms. The molecule has 1 aliphatic heterocycles. The number of rotatable bonds is 8. The van der Waals surface area contributed by atoms with E-state index in [0.717, 1.165) is 35.5 Å². The maximum atomic E-state index is 12.4. The van der Waals surface area contributed by atoms with Crippen LogP contribution in [0.2, 0.25) is 0 Å². The molecule has 2 aromatic heterocycles. The molecule has 7 nitrogen and oxygen atoms in total. The second-order valence-corrected chi connectivity index (χ2v) is 9.29. The highest BCUT2D eigenvalue weighted by Crippen LogP contribution is 2.29. The Morgan fingerprint density at radius 1 is 1.13 bits per heavy atom. The molecule has 1 N–H and O–H groups in total. The number of hydrogen-bond donors (Lipinski definition) is 1. The van der Waals surface area contributed by atoms with Crippen molar-refractivity contribution in [2.45, 2.75) is 38.5 Å². The maximum absolute atomic E-state index is 12.4. The summed E-state index contributed by atoms with van der Waals surface area (Å²) in [5.74, 6) is 3.17. The van der Waals surface area contributed by atoms with Gasteiger partial charge < -0.3 is 14.6 Å². The first-order valence-electron chi connectivity index (χ1n) is 10.7. The summed E-state index contributed by atoms with van der Waals surface area (Å²) >= 11 is 1.41. The molecule has 1 amide bonds. The van der Waals surface area contributed by atoms with Crippen molar-refractivity contribution >= 4 is 23.6 Å². The van der Waals surface area contributed by atoms with E-state index in [0.29, 0.717) is 24.9 Å². The summed E-state index contributed by atoms with van der Waals surface area (Å²) < 4.78 is 7.64. The minimum Gasteiger partial charge on any atom is -0.467 e. The Morgan fingerprint density at radius 3 is 2.61 bits per heavy atom. The van der Waals surface area contributed by atoms with Gasteiger partial charge in [0.25, 0.3) is 0 Å². The molecule has 1 aromatic carbocycles. The first kappa shape index (κ1) is 21.5. The predicted molar refractivity (Wildman–Crippen MR) is 122 cm³/mol. The Morgan fingerprint density at radius 2 is 1.90 bits per heavy atom. The molecule has 2 unspecified atom stereocenters. The van der Waals surface area contributed by atoms with E-state index in [4.69, 9.17) is 4.42 Å². The topological polar surface area (TPSA) is 76.2 Å². The average molecular weight is 440 g/mol. The number of nitrogens with zero attached hydrogens (tertiary/aromatic N) is 4. The van der Waals surface area contributed by atoms with Crippen LogP contribution in [0.5, 0.6) is 0 Å². The zero-order valence-corrected chi connectivity index (χ0v) is 18.8. The lowest BCUT2D eigenvalue weighted by Gasteiger charge is -2.35. The van der Waals surface area contributed by atoms with Crippen molar-refractivity contribution in [3.8, 4) is 0 Å². The minimum atomic E-state index is -0.0248. The molecule has 1 saturated heterocycles. The number of furan rings is 1. The summed E-state index contributed by atoms with van der Waals surface area (Å²) in [7, 11) is 0. The lowest BCUT2D eigenvalue weighted by atomic mass is 9.92. The van der Waals surface area contributed by atoms with Crippen LogP contribution in [0.25, 0.3) is 0 Å². The third-order valence-corrected chi connectivity index (χ3v) is 6.37. The second kappa shape index (κ2) is 10.0. The van der Waals surface area contributed by atoms with E-state index in [-0.39, 0.29) is 11.7 Å². The Labute approximate surface area is 187 Å². The fraction of sp³-hybridized carbons (Fsp3) is 0.435. The van der Waals surface area contributed by atoms with Crippen molar-refractivity contribution in [2.24, 2.45) is 11.8 Å². The van der Waals surface area contributed by atoms with Gasteiger partial charge in [0.2, 0.25) is 11.9 Å². The molecule has 2 atom stereocenters. The number of benzene rings is 1. The summed E-state index contributed by atoms with van der Waals surface area (Å²) in [5.41, 5.74) is 1.08. The van der Waals surface area contributed by atoms with E-state index in [1.807, 2.05) is 42.5 Å². The van der Waals surface area contributed by atoms with Crippen LogP contribution in [-0.2, 0) is 17.9 Å². The normalized spacial score (nSPS) is 18.8. The number of nitrogens with one attached hydrogen (secondary N) is 1. The van der Waals surface area contributed by atoms with Gasteiger partial charge in [-0.1, -0.05) is 55.9 Å². The van der Waals surface area contributed by atoms with Crippen LogP contribution in [-0.4, -0.2) is 39.5 Å². The van der Waals surface area contributed by atoms with E-state index >= 15 is 0 Å². The fourth-order valence-electron chi connectivity index (χ4n) is 4.12. The quantitative estimate of drug-likeness (QED) is 0.538. The molecule has 0 aliphatic carbocycles. The van der Waals surface area contributed by atoms with E-state index in [1.165, 1.54) is 18.2 Å². The first-order valence-corrected chi connectivity index (χ1v) is 11.7. The first-order chi connectivity index (χ1) is 15.1. The largest absolute Gasteiger partial charge is 0.467 e. The number of hydrogen-bond acceptors (Lipinski definition) is 6. The smallest absolute Gasteiger partial charge is 0.230 e. The van der Waals surface area contributed by atoms with Crippen molar-refractivity contribution in [3.63, 3.8) is 0 Å². The third-order valence-electron chi connectivity index (χ3n) is 5.41. The van der Waals surface area contributed by atoms with Gasteiger partial charge in [-0.25, -0.2) is 0 Å². The van der Waals surface area contributed by atoms with Crippen molar-refractivity contribution in [1.82, 2.24) is 20.1 Å². The van der Waals surface area contributed by atoms with Gasteiger partial charge in [0, 0.05) is 19.6 Å². The summed E-state index contributed by atoms with van der Waals surface area (Å²) in [6, 6.07) is 13.7. The number of amides is 1. The lowest BCUT2D eigenvalue weighted by Crippen LogP contribution is -2.40. The molecule has 164 valence electrons. The number of aromatic nitrogens is 3. The Kier molecular flexibility index (Phi) is 6.96. The monoisotopic (exact) mass is 439 g/mol. The van der Waals surface area contributed by atoms with Gasteiger partial charge in [0.1, 0.15) is 5.76 Å². The maximum Gasteiger partial charge on any atom is 0.230 e. The number of anilines is 1. The van der Waals surface area contributed by atoms with Crippen LogP contribution < -0.4 is 10.2 Å². The van der Waals surface area contributed by atoms with Gasteiger partial charge in [0.05, 0.1) is 18.6 Å². The standard InChI is InChI=1S/C23H29N5O2S/c1-17-11-18(2)14-27(13-17)22-25-26-23(28(22)15-20-9-6-10-30-20)31-16-21(29)24-12-19-7-4-3-5-8-19/h3-10,17-18H,11-16H2,1-2H3,(H,24,29).